The first-order valence-electron chi connectivity index (χ1n) is 10.6. The van der Waals surface area contributed by atoms with Crippen LogP contribution in [0.4, 0.5) is 0 Å². The van der Waals surface area contributed by atoms with Crippen molar-refractivity contribution in [1.29, 1.82) is 0 Å². The molecule has 30 heavy (non-hydrogen) atoms. The number of aryl methyl sites for hydroxylation is 3. The van der Waals surface area contributed by atoms with Gasteiger partial charge in [0.25, 0.3) is 5.91 Å². The molecule has 0 saturated carbocycles. The number of likely N-dealkylation sites (tertiary alicyclic amines) is 1. The highest BCUT2D eigenvalue weighted by Crippen LogP contribution is 2.29. The van der Waals surface area contributed by atoms with Crippen molar-refractivity contribution in [2.45, 2.75) is 31.7 Å². The number of rotatable bonds is 5. The normalized spacial score (nSPS) is 15.2. The van der Waals surface area contributed by atoms with Crippen LogP contribution in [0.1, 0.15) is 40.6 Å². The van der Waals surface area contributed by atoms with Gasteiger partial charge in [-0.3, -0.25) is 4.79 Å². The van der Waals surface area contributed by atoms with E-state index in [0.29, 0.717) is 5.92 Å². The van der Waals surface area contributed by atoms with Gasteiger partial charge in [0.1, 0.15) is 11.5 Å². The van der Waals surface area contributed by atoms with Crippen molar-refractivity contribution in [2.75, 3.05) is 13.1 Å². The molecule has 0 aliphatic carbocycles. The average Bonchev–Trinajstić information content (AvgIpc) is 3.53. The monoisotopic (exact) mass is 418 g/mol. The van der Waals surface area contributed by atoms with Gasteiger partial charge in [-0.05, 0) is 53.8 Å². The second-order valence-electron chi connectivity index (χ2n) is 8.07. The van der Waals surface area contributed by atoms with Gasteiger partial charge < -0.3 is 14.0 Å². The van der Waals surface area contributed by atoms with Crippen LogP contribution in [0.5, 0.6) is 0 Å². The lowest BCUT2D eigenvalue weighted by atomic mass is 9.95. The number of carbonyl (C=O) groups is 1. The van der Waals surface area contributed by atoms with E-state index in [1.54, 1.807) is 11.3 Å². The number of carbonyl (C=O) groups excluding carboxylic acids is 1. The first kappa shape index (κ1) is 19.1. The molecule has 154 valence electrons. The van der Waals surface area contributed by atoms with E-state index in [-0.39, 0.29) is 5.91 Å². The Balaban J connectivity index is 1.25. The Morgan fingerprint density at radius 2 is 2.03 bits per heavy atom. The fourth-order valence-corrected chi connectivity index (χ4v) is 5.25. The fourth-order valence-electron chi connectivity index (χ4n) is 4.55. The zero-order valence-electron chi connectivity index (χ0n) is 17.2. The van der Waals surface area contributed by atoms with E-state index in [1.807, 2.05) is 40.9 Å². The number of nitrogens with zero attached hydrogens (tertiary/aromatic N) is 4. The van der Waals surface area contributed by atoms with Gasteiger partial charge in [-0.25, -0.2) is 4.98 Å². The third kappa shape index (κ3) is 3.56. The van der Waals surface area contributed by atoms with E-state index < -0.39 is 0 Å². The van der Waals surface area contributed by atoms with Crippen LogP contribution in [0.25, 0.3) is 10.9 Å². The van der Waals surface area contributed by atoms with Crippen molar-refractivity contribution < 1.29 is 4.79 Å². The summed E-state index contributed by atoms with van der Waals surface area (Å²) in [6, 6.07) is 12.4. The van der Waals surface area contributed by atoms with E-state index >= 15 is 0 Å². The zero-order chi connectivity index (χ0) is 20.5. The maximum atomic E-state index is 13.2. The molecule has 1 aliphatic rings. The van der Waals surface area contributed by atoms with Gasteiger partial charge in [0.15, 0.2) is 0 Å². The summed E-state index contributed by atoms with van der Waals surface area (Å²) in [5, 5.41) is 5.46. The molecular weight excluding hydrogens is 392 g/mol. The van der Waals surface area contributed by atoms with Gasteiger partial charge in [0.2, 0.25) is 0 Å². The van der Waals surface area contributed by atoms with E-state index in [0.717, 1.165) is 55.5 Å². The second kappa shape index (κ2) is 8.11. The number of fused-ring (bicyclic) bond motifs is 1. The Morgan fingerprint density at radius 3 is 2.80 bits per heavy atom. The number of benzene rings is 1. The van der Waals surface area contributed by atoms with Crippen LogP contribution in [0.3, 0.4) is 0 Å². The largest absolute Gasteiger partial charge is 0.340 e. The average molecular weight is 419 g/mol. The van der Waals surface area contributed by atoms with Crippen LogP contribution in [0.2, 0.25) is 0 Å². The van der Waals surface area contributed by atoms with Gasteiger partial charge in [0.05, 0.1) is 0 Å². The van der Waals surface area contributed by atoms with Crippen LogP contribution in [0.15, 0.2) is 59.6 Å². The smallest absolute Gasteiger partial charge is 0.270 e. The number of hydrogen-bond donors (Lipinski definition) is 0. The van der Waals surface area contributed by atoms with Gasteiger partial charge >= 0.3 is 0 Å². The highest BCUT2D eigenvalue weighted by molar-refractivity contribution is 7.07. The van der Waals surface area contributed by atoms with Crippen molar-refractivity contribution in [3.63, 3.8) is 0 Å². The molecule has 0 spiro atoms. The molecule has 1 aliphatic heterocycles. The number of amides is 1. The summed E-state index contributed by atoms with van der Waals surface area (Å²) in [7, 11) is 1.98. The van der Waals surface area contributed by atoms with E-state index in [9.17, 15) is 4.79 Å². The second-order valence-corrected chi connectivity index (χ2v) is 8.85. The Morgan fingerprint density at radius 1 is 1.20 bits per heavy atom. The molecule has 1 saturated heterocycles. The first-order chi connectivity index (χ1) is 14.7. The topological polar surface area (TPSA) is 43.1 Å². The molecule has 0 unspecified atom stereocenters. The summed E-state index contributed by atoms with van der Waals surface area (Å²) in [5.74, 6) is 1.72. The van der Waals surface area contributed by atoms with Crippen LogP contribution in [-0.2, 0) is 20.0 Å². The van der Waals surface area contributed by atoms with Gasteiger partial charge in [0, 0.05) is 55.9 Å². The summed E-state index contributed by atoms with van der Waals surface area (Å²) in [6.07, 6.45) is 6.96. The van der Waals surface area contributed by atoms with Crippen LogP contribution in [0, 0.1) is 0 Å². The summed E-state index contributed by atoms with van der Waals surface area (Å²) in [5.41, 5.74) is 3.25. The predicted octanol–water partition coefficient (Wildman–Crippen LogP) is 4.70. The quantitative estimate of drug-likeness (QED) is 0.472. The molecule has 6 heteroatoms. The van der Waals surface area contributed by atoms with Gasteiger partial charge in [-0.1, -0.05) is 18.2 Å². The molecule has 1 fully saturated rings. The number of thiophene rings is 1. The van der Waals surface area contributed by atoms with Crippen LogP contribution < -0.4 is 0 Å². The SMILES string of the molecule is Cn1c(C(=O)N2CCC(c3nccn3CCc3ccsc3)CC2)cc2ccccc21. The molecule has 0 N–H and O–H groups in total. The molecule has 0 bridgehead atoms. The minimum absolute atomic E-state index is 0.132. The van der Waals surface area contributed by atoms with Crippen molar-refractivity contribution in [3.8, 4) is 0 Å². The number of piperidine rings is 1. The van der Waals surface area contributed by atoms with E-state index in [2.05, 4.69) is 44.7 Å². The summed E-state index contributed by atoms with van der Waals surface area (Å²) >= 11 is 1.75. The summed E-state index contributed by atoms with van der Waals surface area (Å²) < 4.78 is 4.31. The molecule has 0 radical (unpaired) electrons. The molecule has 5 nitrogen and oxygen atoms in total. The Kier molecular flexibility index (Phi) is 5.17. The predicted molar refractivity (Wildman–Crippen MR) is 121 cm³/mol. The molecule has 5 rings (SSSR count). The molecule has 4 aromatic rings. The molecular formula is C24H26N4OS. The molecule has 0 atom stereocenters. The lowest BCUT2D eigenvalue weighted by molar-refractivity contribution is 0.0701. The molecule has 3 aromatic heterocycles. The van der Waals surface area contributed by atoms with Gasteiger partial charge in [-0.2, -0.15) is 11.3 Å². The minimum Gasteiger partial charge on any atom is -0.340 e. The third-order valence-electron chi connectivity index (χ3n) is 6.29. The van der Waals surface area contributed by atoms with Crippen LogP contribution in [-0.4, -0.2) is 38.0 Å². The zero-order valence-corrected chi connectivity index (χ0v) is 18.0. The minimum atomic E-state index is 0.132. The maximum absolute atomic E-state index is 13.2. The van der Waals surface area contributed by atoms with E-state index in [4.69, 9.17) is 0 Å². The summed E-state index contributed by atoms with van der Waals surface area (Å²) in [4.78, 5) is 19.8. The number of imidazole rings is 1. The van der Waals surface area contributed by atoms with Gasteiger partial charge in [-0.15, -0.1) is 0 Å². The number of aromatic nitrogens is 3. The standard InChI is InChI=1S/C24H26N4OS/c1-26-21-5-3-2-4-20(21)16-22(26)24(29)28-12-7-19(8-13-28)23-25-10-14-27(23)11-6-18-9-15-30-17-18/h2-5,9-10,14-17,19H,6-8,11-13H2,1H3. The Labute approximate surface area is 180 Å². The Hall–Kier alpha value is -2.86. The number of hydrogen-bond acceptors (Lipinski definition) is 3. The lowest BCUT2D eigenvalue weighted by Gasteiger charge is -2.32. The van der Waals surface area contributed by atoms with Crippen LogP contribution >= 0.6 is 11.3 Å². The molecule has 4 heterocycles. The lowest BCUT2D eigenvalue weighted by Crippen LogP contribution is -2.39. The highest BCUT2D eigenvalue weighted by atomic mass is 32.1. The van der Waals surface area contributed by atoms with Crippen molar-refractivity contribution >= 4 is 28.1 Å². The highest BCUT2D eigenvalue weighted by Gasteiger charge is 2.28. The van der Waals surface area contributed by atoms with E-state index in [1.165, 1.54) is 11.4 Å². The molecule has 1 amide bonds. The Bertz CT molecular complexity index is 1150. The van der Waals surface area contributed by atoms with Crippen molar-refractivity contribution in [1.82, 2.24) is 19.0 Å². The van der Waals surface area contributed by atoms with Crippen molar-refractivity contribution in [3.05, 3.63) is 76.6 Å². The number of para-hydroxylation sites is 1. The van der Waals surface area contributed by atoms with Crippen molar-refractivity contribution in [2.24, 2.45) is 7.05 Å². The first-order valence-corrected chi connectivity index (χ1v) is 11.5. The molecule has 1 aromatic carbocycles. The maximum Gasteiger partial charge on any atom is 0.270 e. The fraction of sp³-hybridized carbons (Fsp3) is 0.333. The third-order valence-corrected chi connectivity index (χ3v) is 7.02. The summed E-state index contributed by atoms with van der Waals surface area (Å²) in [6.45, 7) is 2.52.